The van der Waals surface area contributed by atoms with Crippen molar-refractivity contribution in [2.45, 2.75) is 141 Å². The van der Waals surface area contributed by atoms with Crippen molar-refractivity contribution < 1.29 is 41.7 Å². The predicted octanol–water partition coefficient (Wildman–Crippen LogP) is 12.5. The van der Waals surface area contributed by atoms with Gasteiger partial charge in [0.1, 0.15) is 25.1 Å². The molecule has 7 aliphatic rings. The second-order valence-electron chi connectivity index (χ2n) is 24.4. The molecular weight excluding hydrogens is 1010 g/mol. The summed E-state index contributed by atoms with van der Waals surface area (Å²) in [6.07, 6.45) is 13.2. The lowest BCUT2D eigenvalue weighted by atomic mass is 9.45. The van der Waals surface area contributed by atoms with Crippen LogP contribution in [-0.4, -0.2) is 80.0 Å². The molecule has 2 bridgehead atoms. The van der Waals surface area contributed by atoms with Crippen LogP contribution in [0, 0.1) is 34.7 Å². The molecule has 4 aliphatic heterocycles. The van der Waals surface area contributed by atoms with Gasteiger partial charge in [-0.3, -0.25) is 4.79 Å². The van der Waals surface area contributed by atoms with E-state index in [0.29, 0.717) is 68.2 Å². The molecule has 0 radical (unpaired) electrons. The van der Waals surface area contributed by atoms with E-state index in [2.05, 4.69) is 96.3 Å². The molecule has 11 rings (SSSR count). The zero-order chi connectivity index (χ0) is 55.3. The molecule has 12 nitrogen and oxygen atoms in total. The van der Waals surface area contributed by atoms with Gasteiger partial charge in [0.25, 0.3) is 0 Å². The number of nitrogens with zero attached hydrogens (tertiary/aromatic N) is 5. The third-order valence-electron chi connectivity index (χ3n) is 18.8. The van der Waals surface area contributed by atoms with Crippen molar-refractivity contribution in [3.63, 3.8) is 0 Å². The number of azide groups is 1. The number of benzene rings is 4. The highest BCUT2D eigenvalue weighted by Crippen LogP contribution is 2.65. The molecule has 0 aromatic heterocycles. The van der Waals surface area contributed by atoms with Crippen molar-refractivity contribution in [3.8, 4) is 17.2 Å². The molecule has 78 heavy (non-hydrogen) atoms. The highest BCUT2D eigenvalue weighted by Gasteiger charge is 2.60. The molecule has 4 aromatic rings. The SMILES string of the molecule is COc1cc(C(C)(C)CCCCCCN=[N+]=[N-])cc(OC)c1[C@H]1C=C(CNC(=O)CCCCCCOc2c(F)c(F)c3c(c2F)C2(OC3=O)c3ccc(N4CCC4)cc3[Si](C)(C)c3cc(N4CCC4)ccc32)[C@H]2C[C@@H]1C2(C)C. The first-order valence-electron chi connectivity index (χ1n) is 28.5. The molecule has 4 aromatic carbocycles. The van der Waals surface area contributed by atoms with Gasteiger partial charge in [-0.15, -0.1) is 0 Å². The molecule has 1 spiro atoms. The van der Waals surface area contributed by atoms with E-state index in [4.69, 9.17) is 24.5 Å². The Bertz CT molecular complexity index is 2980. The van der Waals surface area contributed by atoms with Gasteiger partial charge < -0.3 is 34.1 Å². The number of unbranched alkanes of at least 4 members (excludes halogenated alkanes) is 6. The fourth-order valence-corrected chi connectivity index (χ4v) is 16.9. The molecule has 16 heteroatoms. The molecule has 416 valence electrons. The van der Waals surface area contributed by atoms with Crippen LogP contribution in [-0.2, 0) is 20.5 Å². The quantitative estimate of drug-likeness (QED) is 0.0113. The molecule has 3 aliphatic carbocycles. The first-order chi connectivity index (χ1) is 37.4. The van der Waals surface area contributed by atoms with Gasteiger partial charge in [0, 0.05) is 84.6 Å². The van der Waals surface area contributed by atoms with Crippen molar-refractivity contribution in [3.05, 3.63) is 121 Å². The minimum atomic E-state index is -2.56. The van der Waals surface area contributed by atoms with Crippen LogP contribution in [0.1, 0.15) is 155 Å². The molecule has 4 heterocycles. The molecule has 0 unspecified atom stereocenters. The van der Waals surface area contributed by atoms with E-state index < -0.39 is 48.4 Å². The standard InChI is InChI=1S/C62H77F3N6O6Si/c1-60(2,24-14-10-11-15-25-68-69-66)39-32-47(74-5)52(48(33-39)75-6)42-31-38(45-36-46(42)61(45,3)4)37-67-51(72)19-13-9-12-16-30-76-58-56(64)54-53(55(63)57(58)65)59(73)77-62(54)43-22-20-40(70-26-17-27-70)34-49(43)78(7,8)50-35-41(21-23-44(50)62)71-28-18-29-71/h20-23,31-35,42,45-46H,9-19,24-30,36-37H2,1-8H3,(H,67,72)/t42-,45+,46-/m0/s1. The van der Waals surface area contributed by atoms with Gasteiger partial charge in [0.15, 0.2) is 23.0 Å². The number of methoxy groups -OCH3 is 2. The van der Waals surface area contributed by atoms with Crippen molar-refractivity contribution in [2.24, 2.45) is 22.4 Å². The largest absolute Gasteiger partial charge is 0.496 e. The van der Waals surface area contributed by atoms with E-state index in [1.165, 1.54) is 5.57 Å². The van der Waals surface area contributed by atoms with Crippen LogP contribution in [0.15, 0.2) is 65.3 Å². The molecule has 2 saturated heterocycles. The number of amides is 1. The van der Waals surface area contributed by atoms with Crippen molar-refractivity contribution in [1.82, 2.24) is 5.32 Å². The third kappa shape index (κ3) is 9.59. The number of carbonyl (C=O) groups is 2. The summed E-state index contributed by atoms with van der Waals surface area (Å²) >= 11 is 0. The lowest BCUT2D eigenvalue weighted by Gasteiger charge is -2.59. The van der Waals surface area contributed by atoms with Crippen molar-refractivity contribution >= 4 is 41.7 Å². The molecule has 3 atom stereocenters. The number of anilines is 2. The Kier molecular flexibility index (Phi) is 15.5. The summed E-state index contributed by atoms with van der Waals surface area (Å²) in [7, 11) is 0.883. The van der Waals surface area contributed by atoms with Gasteiger partial charge in [-0.05, 0) is 125 Å². The van der Waals surface area contributed by atoms with Gasteiger partial charge in [-0.2, -0.15) is 4.39 Å². The van der Waals surface area contributed by atoms with Crippen LogP contribution >= 0.6 is 0 Å². The molecule has 3 fully saturated rings. The zero-order valence-corrected chi connectivity index (χ0v) is 47.9. The van der Waals surface area contributed by atoms with Crippen LogP contribution in [0.2, 0.25) is 13.1 Å². The number of carbonyl (C=O) groups excluding carboxylic acids is 2. The Morgan fingerprint density at radius 3 is 2.03 bits per heavy atom. The normalized spacial score (nSPS) is 20.7. The van der Waals surface area contributed by atoms with Gasteiger partial charge in [0.2, 0.25) is 11.7 Å². The van der Waals surface area contributed by atoms with Crippen molar-refractivity contribution in [1.29, 1.82) is 0 Å². The number of fused-ring (bicyclic) bond motifs is 7. The fraction of sp³-hybridized carbons (Fsp3) is 0.548. The lowest BCUT2D eigenvalue weighted by molar-refractivity contribution is -0.121. The Balaban J connectivity index is 0.780. The average Bonchev–Trinajstić information content (AvgIpc) is 3.91. The predicted molar refractivity (Wildman–Crippen MR) is 302 cm³/mol. The fourth-order valence-electron chi connectivity index (χ4n) is 13.7. The van der Waals surface area contributed by atoms with Gasteiger partial charge >= 0.3 is 5.97 Å². The first kappa shape index (κ1) is 55.2. The topological polar surface area (TPSA) is 138 Å². The first-order valence-corrected chi connectivity index (χ1v) is 31.5. The van der Waals surface area contributed by atoms with Crippen molar-refractivity contribution in [2.75, 3.05) is 69.9 Å². The molecule has 1 amide bonds. The number of allylic oxidation sites excluding steroid dienone is 1. The minimum absolute atomic E-state index is 0.0129. The van der Waals surface area contributed by atoms with Crippen LogP contribution in [0.4, 0.5) is 24.5 Å². The van der Waals surface area contributed by atoms with Gasteiger partial charge in [-0.25, -0.2) is 13.6 Å². The summed E-state index contributed by atoms with van der Waals surface area (Å²) in [5.74, 6) is -3.80. The van der Waals surface area contributed by atoms with E-state index in [-0.39, 0.29) is 34.8 Å². The smallest absolute Gasteiger partial charge is 0.343 e. The highest BCUT2D eigenvalue weighted by molar-refractivity contribution is 7.01. The summed E-state index contributed by atoms with van der Waals surface area (Å²) in [6.45, 7) is 18.2. The van der Waals surface area contributed by atoms with E-state index in [9.17, 15) is 9.59 Å². The summed E-state index contributed by atoms with van der Waals surface area (Å²) < 4.78 is 74.2. The number of ether oxygens (including phenoxy) is 4. The number of halogens is 3. The van der Waals surface area contributed by atoms with Crippen LogP contribution in [0.25, 0.3) is 10.4 Å². The maximum Gasteiger partial charge on any atom is 0.343 e. The Morgan fingerprint density at radius 1 is 0.846 bits per heavy atom. The highest BCUT2D eigenvalue weighted by atomic mass is 28.3. The van der Waals surface area contributed by atoms with E-state index >= 15 is 13.2 Å². The average molecular weight is 1090 g/mol. The number of nitrogens with one attached hydrogen (secondary N) is 1. The van der Waals surface area contributed by atoms with E-state index in [1.807, 2.05) is 24.3 Å². The second-order valence-corrected chi connectivity index (χ2v) is 28.8. The van der Waals surface area contributed by atoms with Gasteiger partial charge in [0.05, 0.1) is 26.4 Å². The van der Waals surface area contributed by atoms with E-state index in [1.54, 1.807) is 14.2 Å². The second kappa shape index (κ2) is 21.8. The summed E-state index contributed by atoms with van der Waals surface area (Å²) in [5.41, 5.74) is 12.2. The summed E-state index contributed by atoms with van der Waals surface area (Å²) in [4.78, 5) is 34.7. The van der Waals surface area contributed by atoms with Gasteiger partial charge in [-0.1, -0.05) is 102 Å². The lowest BCUT2D eigenvalue weighted by Crippen LogP contribution is -2.63. The Hall–Kier alpha value is -6.12. The maximum absolute atomic E-state index is 17.4. The Labute approximate surface area is 459 Å². The summed E-state index contributed by atoms with van der Waals surface area (Å²) in [6, 6.07) is 16.3. The third-order valence-corrected chi connectivity index (χ3v) is 22.3. The number of rotatable bonds is 23. The number of esters is 1. The van der Waals surface area contributed by atoms with Crippen LogP contribution < -0.4 is 39.7 Å². The zero-order valence-electron chi connectivity index (χ0n) is 46.9. The van der Waals surface area contributed by atoms with Crippen LogP contribution in [0.5, 0.6) is 17.2 Å². The minimum Gasteiger partial charge on any atom is -0.496 e. The molecule has 1 saturated carbocycles. The number of hydrogen-bond acceptors (Lipinski definition) is 9. The Morgan fingerprint density at radius 2 is 1.45 bits per heavy atom. The molecule has 1 N–H and O–H groups in total. The molecular formula is C62H77F3N6O6Si. The summed E-state index contributed by atoms with van der Waals surface area (Å²) in [5, 5.41) is 8.78. The number of hydrogen-bond donors (Lipinski definition) is 1. The monoisotopic (exact) mass is 1090 g/mol. The van der Waals surface area contributed by atoms with E-state index in [0.717, 1.165) is 122 Å². The maximum atomic E-state index is 17.4. The van der Waals surface area contributed by atoms with Crippen LogP contribution in [0.3, 0.4) is 0 Å².